The molecule has 2 aromatic carbocycles. The van der Waals surface area contributed by atoms with E-state index in [2.05, 4.69) is 15.9 Å². The summed E-state index contributed by atoms with van der Waals surface area (Å²) in [5, 5.41) is 1.34. The molecule has 0 spiro atoms. The second-order valence-electron chi connectivity index (χ2n) is 6.98. The molecule has 7 heteroatoms. The van der Waals surface area contributed by atoms with Gasteiger partial charge in [0.25, 0.3) is 11.5 Å². The van der Waals surface area contributed by atoms with Gasteiger partial charge in [-0.15, -0.1) is 0 Å². The summed E-state index contributed by atoms with van der Waals surface area (Å²) in [4.78, 5) is 39.8. The molecule has 1 saturated heterocycles. The number of hydrogen-bond donors (Lipinski definition) is 0. The smallest absolute Gasteiger partial charge is 0.259 e. The zero-order valence-electron chi connectivity index (χ0n) is 15.8. The van der Waals surface area contributed by atoms with Gasteiger partial charge in [-0.25, -0.2) is 0 Å². The first-order valence-corrected chi connectivity index (χ1v) is 10.0. The fraction of sp³-hybridized carbons (Fsp3) is 0.227. The Hall–Kier alpha value is -2.93. The number of benzene rings is 2. The van der Waals surface area contributed by atoms with Crippen molar-refractivity contribution in [2.45, 2.75) is 25.4 Å². The predicted molar refractivity (Wildman–Crippen MR) is 113 cm³/mol. The van der Waals surface area contributed by atoms with Crippen molar-refractivity contribution in [1.29, 1.82) is 0 Å². The Kier molecular flexibility index (Phi) is 5.24. The zero-order valence-corrected chi connectivity index (χ0v) is 17.4. The number of fused-ring (bicyclic) bond motifs is 1. The lowest BCUT2D eigenvalue weighted by atomic mass is 10.0. The highest BCUT2D eigenvalue weighted by Gasteiger charge is 2.35. The third-order valence-electron chi connectivity index (χ3n) is 5.21. The van der Waals surface area contributed by atoms with Crippen molar-refractivity contribution < 1.29 is 14.3 Å². The Balaban J connectivity index is 1.65. The highest BCUT2D eigenvalue weighted by Crippen LogP contribution is 2.26. The molecule has 29 heavy (non-hydrogen) atoms. The molecule has 2 heterocycles. The number of amides is 2. The number of carbonyl (C=O) groups excluding carboxylic acids is 2. The number of halogens is 1. The monoisotopic (exact) mass is 454 g/mol. The molecule has 1 atom stereocenters. The standard InChI is InChI=1S/C22H19BrN2O4/c1-29-17-5-2-14(3-6-17)13-25-20(26)9-8-19(22(25)28)24-11-10-15-12-16(23)4-7-18(15)21(24)27/h2-7,10-12,19H,8-9,13H2,1H3/t19-/m1/s1. The molecule has 3 aromatic rings. The quantitative estimate of drug-likeness (QED) is 0.564. The van der Waals surface area contributed by atoms with Crippen LogP contribution in [0.4, 0.5) is 0 Å². The summed E-state index contributed by atoms with van der Waals surface area (Å²) in [7, 11) is 1.58. The third-order valence-corrected chi connectivity index (χ3v) is 5.71. The van der Waals surface area contributed by atoms with Crippen LogP contribution in [0, 0.1) is 0 Å². The lowest BCUT2D eigenvalue weighted by Crippen LogP contribution is -2.47. The largest absolute Gasteiger partial charge is 0.497 e. The van der Waals surface area contributed by atoms with Crippen molar-refractivity contribution in [3.05, 3.63) is 75.1 Å². The van der Waals surface area contributed by atoms with Crippen LogP contribution in [0.1, 0.15) is 24.4 Å². The van der Waals surface area contributed by atoms with Gasteiger partial charge in [-0.2, -0.15) is 0 Å². The molecule has 1 aromatic heterocycles. The lowest BCUT2D eigenvalue weighted by Gasteiger charge is -2.31. The van der Waals surface area contributed by atoms with Gasteiger partial charge in [0.15, 0.2) is 0 Å². The average Bonchev–Trinajstić information content (AvgIpc) is 2.72. The zero-order chi connectivity index (χ0) is 20.5. The van der Waals surface area contributed by atoms with Crippen molar-refractivity contribution in [3.63, 3.8) is 0 Å². The molecule has 0 saturated carbocycles. The van der Waals surface area contributed by atoms with Crippen molar-refractivity contribution in [1.82, 2.24) is 9.47 Å². The number of imide groups is 1. The first-order valence-electron chi connectivity index (χ1n) is 9.25. The lowest BCUT2D eigenvalue weighted by molar-refractivity contribution is -0.151. The first-order chi connectivity index (χ1) is 14.0. The molecule has 0 N–H and O–H groups in total. The van der Waals surface area contributed by atoms with Crippen molar-refractivity contribution >= 4 is 38.5 Å². The van der Waals surface area contributed by atoms with E-state index in [1.807, 2.05) is 24.3 Å². The molecule has 4 rings (SSSR count). The van der Waals surface area contributed by atoms with Gasteiger partial charge in [-0.3, -0.25) is 19.3 Å². The van der Waals surface area contributed by atoms with Crippen LogP contribution in [0.3, 0.4) is 0 Å². The molecule has 6 nitrogen and oxygen atoms in total. The summed E-state index contributed by atoms with van der Waals surface area (Å²) in [5.74, 6) is 0.132. The topological polar surface area (TPSA) is 68.6 Å². The molecule has 0 radical (unpaired) electrons. The van der Waals surface area contributed by atoms with Gasteiger partial charge in [0.05, 0.1) is 13.7 Å². The normalized spacial score (nSPS) is 17.0. The van der Waals surface area contributed by atoms with Gasteiger partial charge in [0.1, 0.15) is 11.8 Å². The Morgan fingerprint density at radius 3 is 2.55 bits per heavy atom. The van der Waals surface area contributed by atoms with E-state index in [-0.39, 0.29) is 30.3 Å². The summed E-state index contributed by atoms with van der Waals surface area (Å²) in [6.45, 7) is 0.174. The minimum atomic E-state index is -0.688. The summed E-state index contributed by atoms with van der Waals surface area (Å²) in [5.41, 5.74) is 0.593. The molecule has 0 bridgehead atoms. The number of nitrogens with zero attached hydrogens (tertiary/aromatic N) is 2. The number of ether oxygens (including phenoxy) is 1. The minimum absolute atomic E-state index is 0.174. The van der Waals surface area contributed by atoms with E-state index >= 15 is 0 Å². The minimum Gasteiger partial charge on any atom is -0.497 e. The number of likely N-dealkylation sites (tertiary alicyclic amines) is 1. The summed E-state index contributed by atoms with van der Waals surface area (Å²) >= 11 is 3.40. The SMILES string of the molecule is COc1ccc(CN2C(=O)CC[C@@H](n3ccc4cc(Br)ccc4c3=O)C2=O)cc1. The van der Waals surface area contributed by atoms with Crippen LogP contribution in [-0.2, 0) is 16.1 Å². The summed E-state index contributed by atoms with van der Waals surface area (Å²) in [6, 6.07) is 13.8. The molecule has 148 valence electrons. The van der Waals surface area contributed by atoms with Gasteiger partial charge < -0.3 is 9.30 Å². The van der Waals surface area contributed by atoms with Gasteiger partial charge in [0, 0.05) is 22.5 Å². The molecule has 1 aliphatic rings. The van der Waals surface area contributed by atoms with Gasteiger partial charge in [-0.05, 0) is 53.8 Å². The molecular weight excluding hydrogens is 436 g/mol. The Morgan fingerprint density at radius 2 is 1.83 bits per heavy atom. The molecule has 1 aliphatic heterocycles. The van der Waals surface area contributed by atoms with E-state index in [1.165, 1.54) is 9.47 Å². The molecule has 0 unspecified atom stereocenters. The van der Waals surface area contributed by atoms with Crippen LogP contribution < -0.4 is 10.3 Å². The first kappa shape index (κ1) is 19.4. The van der Waals surface area contributed by atoms with Crippen molar-refractivity contribution in [2.24, 2.45) is 0 Å². The van der Waals surface area contributed by atoms with Gasteiger partial charge >= 0.3 is 0 Å². The van der Waals surface area contributed by atoms with E-state index < -0.39 is 6.04 Å². The Bertz CT molecular complexity index is 1150. The third kappa shape index (κ3) is 3.70. The number of carbonyl (C=O) groups is 2. The van der Waals surface area contributed by atoms with Crippen LogP contribution >= 0.6 is 15.9 Å². The molecular formula is C22H19BrN2O4. The molecule has 1 fully saturated rings. The highest BCUT2D eigenvalue weighted by molar-refractivity contribution is 9.10. The molecule has 2 amide bonds. The second-order valence-corrected chi connectivity index (χ2v) is 7.90. The Morgan fingerprint density at radius 1 is 1.07 bits per heavy atom. The predicted octanol–water partition coefficient (Wildman–Crippen LogP) is 3.66. The maximum absolute atomic E-state index is 13.1. The fourth-order valence-electron chi connectivity index (χ4n) is 3.64. The highest BCUT2D eigenvalue weighted by atomic mass is 79.9. The maximum Gasteiger partial charge on any atom is 0.259 e. The second kappa shape index (κ2) is 7.83. The number of methoxy groups -OCH3 is 1. The van der Waals surface area contributed by atoms with E-state index in [9.17, 15) is 14.4 Å². The number of hydrogen-bond acceptors (Lipinski definition) is 4. The van der Waals surface area contributed by atoms with Crippen molar-refractivity contribution in [2.75, 3.05) is 7.11 Å². The average molecular weight is 455 g/mol. The number of aromatic nitrogens is 1. The molecule has 0 aliphatic carbocycles. The van der Waals surface area contributed by atoms with E-state index in [0.29, 0.717) is 17.6 Å². The van der Waals surface area contributed by atoms with Gasteiger partial charge in [-0.1, -0.05) is 28.1 Å². The van der Waals surface area contributed by atoms with Crippen LogP contribution in [0.25, 0.3) is 10.8 Å². The number of pyridine rings is 1. The van der Waals surface area contributed by atoms with Crippen LogP contribution in [0.15, 0.2) is 64.0 Å². The van der Waals surface area contributed by atoms with Crippen LogP contribution in [-0.4, -0.2) is 28.4 Å². The fourth-order valence-corrected chi connectivity index (χ4v) is 4.02. The summed E-state index contributed by atoms with van der Waals surface area (Å²) in [6.07, 6.45) is 2.18. The number of piperidine rings is 1. The maximum atomic E-state index is 13.1. The van der Waals surface area contributed by atoms with Crippen molar-refractivity contribution in [3.8, 4) is 5.75 Å². The van der Waals surface area contributed by atoms with E-state index in [4.69, 9.17) is 4.74 Å². The van der Waals surface area contributed by atoms with Crippen LogP contribution in [0.2, 0.25) is 0 Å². The van der Waals surface area contributed by atoms with Gasteiger partial charge in [0.2, 0.25) is 5.91 Å². The van der Waals surface area contributed by atoms with Crippen LogP contribution in [0.5, 0.6) is 5.75 Å². The summed E-state index contributed by atoms with van der Waals surface area (Å²) < 4.78 is 7.48. The Labute approximate surface area is 175 Å². The van der Waals surface area contributed by atoms with E-state index in [0.717, 1.165) is 15.4 Å². The van der Waals surface area contributed by atoms with E-state index in [1.54, 1.807) is 37.6 Å². The number of rotatable bonds is 4.